The molecule has 0 fully saturated rings. The van der Waals surface area contributed by atoms with Gasteiger partial charge in [-0.25, -0.2) is 0 Å². The van der Waals surface area contributed by atoms with Gasteiger partial charge < -0.3 is 4.90 Å². The number of nitrogens with zero attached hydrogens (tertiary/aromatic N) is 2. The van der Waals surface area contributed by atoms with Gasteiger partial charge in [0.25, 0.3) is 0 Å². The molecule has 1 aliphatic heterocycles. The lowest BCUT2D eigenvalue weighted by Crippen LogP contribution is -2.20. The summed E-state index contributed by atoms with van der Waals surface area (Å²) < 4.78 is 0. The quantitative estimate of drug-likeness (QED) is 0.664. The molecule has 0 N–H and O–H groups in total. The average Bonchev–Trinajstić information content (AvgIpc) is 2.41. The van der Waals surface area contributed by atoms with Crippen LogP contribution in [0.15, 0.2) is 4.99 Å². The summed E-state index contributed by atoms with van der Waals surface area (Å²) in [7, 11) is 0. The van der Waals surface area contributed by atoms with Crippen molar-refractivity contribution in [1.82, 2.24) is 4.90 Å². The van der Waals surface area contributed by atoms with E-state index in [1.54, 1.807) is 0 Å². The van der Waals surface area contributed by atoms with Gasteiger partial charge in [0.2, 0.25) is 0 Å². The highest BCUT2D eigenvalue weighted by Gasteiger charge is 2.02. The van der Waals surface area contributed by atoms with Crippen LogP contribution in [0.5, 0.6) is 0 Å². The van der Waals surface area contributed by atoms with Crippen LogP contribution in [0.3, 0.4) is 0 Å². The van der Waals surface area contributed by atoms with E-state index >= 15 is 0 Å². The van der Waals surface area contributed by atoms with Gasteiger partial charge in [-0.05, 0) is 6.42 Å². The fourth-order valence-electron chi connectivity index (χ4n) is 1.15. The van der Waals surface area contributed by atoms with Crippen LogP contribution in [0.25, 0.3) is 0 Å². The molecule has 0 aromatic carbocycles. The Morgan fingerprint density at radius 3 is 2.82 bits per heavy atom. The van der Waals surface area contributed by atoms with Gasteiger partial charge in [0.05, 0.1) is 12.9 Å². The van der Waals surface area contributed by atoms with Crippen LogP contribution in [0, 0.1) is 0 Å². The summed E-state index contributed by atoms with van der Waals surface area (Å²) in [5.74, 6) is 0. The Labute approximate surface area is 79.5 Å². The van der Waals surface area contributed by atoms with Crippen molar-refractivity contribution in [2.45, 2.75) is 26.2 Å². The minimum Gasteiger partial charge on any atom is -0.361 e. The third-order valence-corrected chi connectivity index (χ3v) is 1.81. The van der Waals surface area contributed by atoms with E-state index in [2.05, 4.69) is 16.8 Å². The Morgan fingerprint density at radius 2 is 2.27 bits per heavy atom. The van der Waals surface area contributed by atoms with E-state index in [-0.39, 0.29) is 17.0 Å². The Kier molecular flexibility index (Phi) is 6.62. The Morgan fingerprint density at radius 1 is 1.45 bits per heavy atom. The molecular formula is C8H17BrN2. The molecule has 1 heterocycles. The second-order valence-corrected chi connectivity index (χ2v) is 2.76. The molecule has 0 aromatic rings. The maximum atomic E-state index is 4.14. The maximum absolute atomic E-state index is 4.14. The van der Waals surface area contributed by atoms with Gasteiger partial charge in [0.1, 0.15) is 0 Å². The first-order valence-electron chi connectivity index (χ1n) is 4.17. The van der Waals surface area contributed by atoms with Gasteiger partial charge in [-0.15, -0.1) is 17.0 Å². The van der Waals surface area contributed by atoms with E-state index < -0.39 is 0 Å². The van der Waals surface area contributed by atoms with Crippen molar-refractivity contribution in [3.05, 3.63) is 0 Å². The summed E-state index contributed by atoms with van der Waals surface area (Å²) >= 11 is 0. The normalized spacial score (nSPS) is 15.2. The number of aliphatic imine (C=N–C) groups is 1. The fourth-order valence-corrected chi connectivity index (χ4v) is 1.15. The van der Waals surface area contributed by atoms with Crippen molar-refractivity contribution in [1.29, 1.82) is 0 Å². The van der Waals surface area contributed by atoms with Gasteiger partial charge in [-0.1, -0.05) is 19.8 Å². The number of hydrogen-bond acceptors (Lipinski definition) is 2. The Balaban J connectivity index is 0.000001000. The lowest BCUT2D eigenvalue weighted by atomic mass is 10.2. The zero-order valence-corrected chi connectivity index (χ0v) is 8.84. The SMILES string of the molecule is Br.CCCCCN1C=NCC1. The minimum absolute atomic E-state index is 0. The van der Waals surface area contributed by atoms with E-state index in [1.165, 1.54) is 25.8 Å². The first-order chi connectivity index (χ1) is 4.93. The summed E-state index contributed by atoms with van der Waals surface area (Å²) in [6.45, 7) is 5.59. The van der Waals surface area contributed by atoms with E-state index in [9.17, 15) is 0 Å². The molecule has 3 heteroatoms. The molecule has 11 heavy (non-hydrogen) atoms. The lowest BCUT2D eigenvalue weighted by molar-refractivity contribution is 0.446. The van der Waals surface area contributed by atoms with Crippen molar-refractivity contribution in [3.8, 4) is 0 Å². The highest BCUT2D eigenvalue weighted by atomic mass is 79.9. The summed E-state index contributed by atoms with van der Waals surface area (Å²) in [5.41, 5.74) is 0. The molecule has 0 spiro atoms. The van der Waals surface area contributed by atoms with Crippen LogP contribution in [0.4, 0.5) is 0 Å². The molecule has 0 radical (unpaired) electrons. The molecule has 0 saturated carbocycles. The number of hydrogen-bond donors (Lipinski definition) is 0. The molecule has 0 bridgehead atoms. The minimum atomic E-state index is 0. The van der Waals surface area contributed by atoms with Crippen LogP contribution in [0.1, 0.15) is 26.2 Å². The van der Waals surface area contributed by atoms with Crippen LogP contribution in [0.2, 0.25) is 0 Å². The maximum Gasteiger partial charge on any atom is 0.0851 e. The van der Waals surface area contributed by atoms with Crippen molar-refractivity contribution >= 4 is 23.3 Å². The number of unbranched alkanes of at least 4 members (excludes halogenated alkanes) is 2. The first-order valence-corrected chi connectivity index (χ1v) is 4.17. The van der Waals surface area contributed by atoms with Crippen molar-refractivity contribution in [3.63, 3.8) is 0 Å². The molecule has 66 valence electrons. The summed E-state index contributed by atoms with van der Waals surface area (Å²) in [5, 5.41) is 0. The molecule has 0 aliphatic carbocycles. The molecular weight excluding hydrogens is 204 g/mol. The fraction of sp³-hybridized carbons (Fsp3) is 0.875. The summed E-state index contributed by atoms with van der Waals surface area (Å²) in [4.78, 5) is 6.45. The van der Waals surface area contributed by atoms with E-state index in [4.69, 9.17) is 0 Å². The molecule has 1 aliphatic rings. The van der Waals surface area contributed by atoms with E-state index in [0.717, 1.165) is 13.1 Å². The molecule has 0 atom stereocenters. The molecule has 0 saturated heterocycles. The highest BCUT2D eigenvalue weighted by molar-refractivity contribution is 8.93. The van der Waals surface area contributed by atoms with Crippen molar-refractivity contribution in [2.24, 2.45) is 4.99 Å². The molecule has 0 unspecified atom stereocenters. The lowest BCUT2D eigenvalue weighted by Gasteiger charge is -2.12. The van der Waals surface area contributed by atoms with E-state index in [0.29, 0.717) is 0 Å². The Bertz CT molecular complexity index is 115. The van der Waals surface area contributed by atoms with E-state index in [1.807, 2.05) is 6.34 Å². The van der Waals surface area contributed by atoms with Gasteiger partial charge in [-0.3, -0.25) is 4.99 Å². The first kappa shape index (κ1) is 11.0. The van der Waals surface area contributed by atoms with Crippen LogP contribution in [-0.4, -0.2) is 30.9 Å². The largest absolute Gasteiger partial charge is 0.361 e. The monoisotopic (exact) mass is 220 g/mol. The van der Waals surface area contributed by atoms with Crippen LogP contribution < -0.4 is 0 Å². The molecule has 2 nitrogen and oxygen atoms in total. The van der Waals surface area contributed by atoms with Crippen LogP contribution >= 0.6 is 17.0 Å². The number of rotatable bonds is 4. The second kappa shape index (κ2) is 6.65. The number of halogens is 1. The predicted octanol–water partition coefficient (Wildman–Crippen LogP) is 2.10. The molecule has 1 rings (SSSR count). The molecule has 0 amide bonds. The third-order valence-electron chi connectivity index (χ3n) is 1.81. The Hall–Kier alpha value is -0.0500. The zero-order chi connectivity index (χ0) is 7.23. The standard InChI is InChI=1S/C8H16N2.BrH/c1-2-3-4-6-10-7-5-9-8-10;/h8H,2-7H2,1H3;1H. The predicted molar refractivity (Wildman–Crippen MR) is 54.8 cm³/mol. The zero-order valence-electron chi connectivity index (χ0n) is 7.12. The van der Waals surface area contributed by atoms with Crippen LogP contribution in [-0.2, 0) is 0 Å². The molecule has 0 aromatic heterocycles. The third kappa shape index (κ3) is 4.40. The topological polar surface area (TPSA) is 15.6 Å². The van der Waals surface area contributed by atoms with Crippen molar-refractivity contribution in [2.75, 3.05) is 19.6 Å². The highest BCUT2D eigenvalue weighted by Crippen LogP contribution is 1.99. The summed E-state index contributed by atoms with van der Waals surface area (Å²) in [6.07, 6.45) is 5.97. The van der Waals surface area contributed by atoms with Gasteiger partial charge in [-0.2, -0.15) is 0 Å². The van der Waals surface area contributed by atoms with Gasteiger partial charge in [0, 0.05) is 13.1 Å². The summed E-state index contributed by atoms with van der Waals surface area (Å²) in [6, 6.07) is 0. The second-order valence-electron chi connectivity index (χ2n) is 2.76. The van der Waals surface area contributed by atoms with Gasteiger partial charge >= 0.3 is 0 Å². The average molecular weight is 221 g/mol. The van der Waals surface area contributed by atoms with Gasteiger partial charge in [0.15, 0.2) is 0 Å². The van der Waals surface area contributed by atoms with Crippen molar-refractivity contribution < 1.29 is 0 Å². The smallest absolute Gasteiger partial charge is 0.0851 e.